The Kier molecular flexibility index (Phi) is 4.21. The van der Waals surface area contributed by atoms with Crippen molar-refractivity contribution in [2.45, 2.75) is 52.0 Å². The lowest BCUT2D eigenvalue weighted by atomic mass is 10.0. The quantitative estimate of drug-likeness (QED) is 0.786. The van der Waals surface area contributed by atoms with E-state index in [1.165, 1.54) is 30.7 Å². The fourth-order valence-electron chi connectivity index (χ4n) is 2.47. The van der Waals surface area contributed by atoms with E-state index in [-0.39, 0.29) is 0 Å². The largest absolute Gasteiger partial charge is 0.314 e. The molecule has 1 aliphatic carbocycles. The van der Waals surface area contributed by atoms with E-state index in [0.717, 1.165) is 25.3 Å². The van der Waals surface area contributed by atoms with Crippen molar-refractivity contribution in [2.75, 3.05) is 6.54 Å². The highest BCUT2D eigenvalue weighted by Crippen LogP contribution is 2.34. The van der Waals surface area contributed by atoms with Crippen LogP contribution in [0.5, 0.6) is 0 Å². The molecule has 0 spiro atoms. The molecule has 1 heterocycles. The van der Waals surface area contributed by atoms with Crippen LogP contribution in [-0.2, 0) is 19.9 Å². The van der Waals surface area contributed by atoms with Crippen molar-refractivity contribution in [1.82, 2.24) is 15.1 Å². The van der Waals surface area contributed by atoms with Gasteiger partial charge in [-0.15, -0.1) is 0 Å². The molecule has 0 aromatic carbocycles. The van der Waals surface area contributed by atoms with Crippen LogP contribution in [0, 0.1) is 5.92 Å². The molecule has 1 saturated carbocycles. The van der Waals surface area contributed by atoms with E-state index in [1.54, 1.807) is 0 Å². The number of nitrogens with zero attached hydrogens (tertiary/aromatic N) is 2. The van der Waals surface area contributed by atoms with Crippen LogP contribution in [0.3, 0.4) is 0 Å². The van der Waals surface area contributed by atoms with Crippen molar-refractivity contribution < 1.29 is 0 Å². The second kappa shape index (κ2) is 5.67. The Morgan fingerprint density at radius 3 is 2.76 bits per heavy atom. The van der Waals surface area contributed by atoms with Gasteiger partial charge in [0.25, 0.3) is 0 Å². The molecular formula is C14H25N3. The first-order valence-corrected chi connectivity index (χ1v) is 6.98. The summed E-state index contributed by atoms with van der Waals surface area (Å²) in [6, 6.07) is 2.89. The third-order valence-electron chi connectivity index (χ3n) is 3.65. The molecule has 17 heavy (non-hydrogen) atoms. The van der Waals surface area contributed by atoms with E-state index in [9.17, 15) is 0 Å². The highest BCUT2D eigenvalue weighted by Gasteiger charge is 2.25. The number of aryl methyl sites for hydroxylation is 2. The average Bonchev–Trinajstić information content (AvgIpc) is 3.04. The predicted molar refractivity (Wildman–Crippen MR) is 71.1 cm³/mol. The predicted octanol–water partition coefficient (Wildman–Crippen LogP) is 2.30. The maximum absolute atomic E-state index is 4.53. The van der Waals surface area contributed by atoms with E-state index in [4.69, 9.17) is 0 Å². The van der Waals surface area contributed by atoms with Gasteiger partial charge in [-0.3, -0.25) is 4.68 Å². The first kappa shape index (κ1) is 12.6. The van der Waals surface area contributed by atoms with Crippen LogP contribution in [0.25, 0.3) is 0 Å². The minimum atomic E-state index is 0.632. The smallest absolute Gasteiger partial charge is 0.0624 e. The molecular weight excluding hydrogens is 210 g/mol. The zero-order chi connectivity index (χ0) is 12.3. The van der Waals surface area contributed by atoms with Crippen molar-refractivity contribution in [3.63, 3.8) is 0 Å². The summed E-state index contributed by atoms with van der Waals surface area (Å²) >= 11 is 0. The molecule has 0 bridgehead atoms. The van der Waals surface area contributed by atoms with Gasteiger partial charge in [0.15, 0.2) is 0 Å². The molecule has 0 amide bonds. The summed E-state index contributed by atoms with van der Waals surface area (Å²) < 4.78 is 2.05. The van der Waals surface area contributed by atoms with Crippen LogP contribution in [-0.4, -0.2) is 22.4 Å². The molecule has 0 radical (unpaired) electrons. The van der Waals surface area contributed by atoms with Gasteiger partial charge in [-0.25, -0.2) is 0 Å². The van der Waals surface area contributed by atoms with Crippen LogP contribution in [0.15, 0.2) is 6.07 Å². The van der Waals surface area contributed by atoms with Gasteiger partial charge < -0.3 is 5.32 Å². The van der Waals surface area contributed by atoms with Gasteiger partial charge in [0.05, 0.1) is 5.69 Å². The number of likely N-dealkylation sites (N-methyl/N-ethyl adjacent to an activating group) is 1. The zero-order valence-electron chi connectivity index (χ0n) is 11.4. The Morgan fingerprint density at radius 1 is 1.47 bits per heavy atom. The van der Waals surface area contributed by atoms with E-state index in [1.807, 2.05) is 0 Å². The highest BCUT2D eigenvalue weighted by molar-refractivity contribution is 5.11. The summed E-state index contributed by atoms with van der Waals surface area (Å²) in [5.74, 6) is 0.984. The third-order valence-corrected chi connectivity index (χ3v) is 3.65. The second-order valence-corrected chi connectivity index (χ2v) is 5.24. The molecule has 1 atom stereocenters. The number of rotatable bonds is 7. The molecule has 1 fully saturated rings. The van der Waals surface area contributed by atoms with E-state index in [0.29, 0.717) is 6.04 Å². The van der Waals surface area contributed by atoms with Crippen molar-refractivity contribution in [2.24, 2.45) is 13.0 Å². The summed E-state index contributed by atoms with van der Waals surface area (Å²) in [5.41, 5.74) is 2.58. The van der Waals surface area contributed by atoms with Crippen LogP contribution in [0.4, 0.5) is 0 Å². The minimum Gasteiger partial charge on any atom is -0.314 e. The molecule has 1 N–H and O–H groups in total. The van der Waals surface area contributed by atoms with E-state index in [2.05, 4.69) is 42.1 Å². The molecule has 0 aliphatic heterocycles. The van der Waals surface area contributed by atoms with Crippen molar-refractivity contribution in [1.29, 1.82) is 0 Å². The van der Waals surface area contributed by atoms with E-state index >= 15 is 0 Å². The Balaban J connectivity index is 1.96. The fourth-order valence-corrected chi connectivity index (χ4v) is 2.47. The molecule has 0 saturated heterocycles. The Labute approximate surface area is 105 Å². The van der Waals surface area contributed by atoms with Gasteiger partial charge in [-0.1, -0.05) is 26.7 Å². The van der Waals surface area contributed by atoms with Crippen molar-refractivity contribution in [3.8, 4) is 0 Å². The lowest BCUT2D eigenvalue weighted by molar-refractivity contribution is 0.455. The summed E-state index contributed by atoms with van der Waals surface area (Å²) in [6.07, 6.45) is 6.36. The molecule has 1 aromatic rings. The molecule has 1 unspecified atom stereocenters. The Hall–Kier alpha value is -0.830. The molecule has 2 rings (SSSR count). The van der Waals surface area contributed by atoms with Gasteiger partial charge in [0.1, 0.15) is 0 Å². The van der Waals surface area contributed by atoms with Crippen LogP contribution >= 0.6 is 0 Å². The normalized spacial score (nSPS) is 17.4. The summed E-state index contributed by atoms with van der Waals surface area (Å²) in [7, 11) is 2.06. The topological polar surface area (TPSA) is 29.9 Å². The first-order chi connectivity index (χ1) is 8.22. The minimum absolute atomic E-state index is 0.632. The van der Waals surface area contributed by atoms with Gasteiger partial charge in [0.2, 0.25) is 0 Å². The van der Waals surface area contributed by atoms with Crippen LogP contribution in [0.2, 0.25) is 0 Å². The van der Waals surface area contributed by atoms with Gasteiger partial charge in [-0.05, 0) is 31.4 Å². The number of nitrogens with one attached hydrogen (secondary N) is 1. The lowest BCUT2D eigenvalue weighted by Gasteiger charge is -2.17. The summed E-state index contributed by atoms with van der Waals surface area (Å²) in [5, 5.41) is 8.14. The molecule has 1 aromatic heterocycles. The molecule has 1 aliphatic rings. The number of hydrogen-bond acceptors (Lipinski definition) is 2. The van der Waals surface area contributed by atoms with Crippen molar-refractivity contribution >= 4 is 0 Å². The van der Waals surface area contributed by atoms with Crippen LogP contribution < -0.4 is 5.32 Å². The average molecular weight is 235 g/mol. The second-order valence-electron chi connectivity index (χ2n) is 5.24. The monoisotopic (exact) mass is 235 g/mol. The molecule has 3 nitrogen and oxygen atoms in total. The first-order valence-electron chi connectivity index (χ1n) is 6.98. The lowest BCUT2D eigenvalue weighted by Crippen LogP contribution is -2.32. The maximum Gasteiger partial charge on any atom is 0.0624 e. The third kappa shape index (κ3) is 3.56. The Bertz CT molecular complexity index is 352. The Morgan fingerprint density at radius 2 is 2.24 bits per heavy atom. The number of aromatic nitrogens is 2. The zero-order valence-corrected chi connectivity index (χ0v) is 11.4. The summed E-state index contributed by atoms with van der Waals surface area (Å²) in [6.45, 7) is 5.43. The van der Waals surface area contributed by atoms with E-state index < -0.39 is 0 Å². The maximum atomic E-state index is 4.53. The van der Waals surface area contributed by atoms with Gasteiger partial charge >= 0.3 is 0 Å². The molecule has 3 heteroatoms. The van der Waals surface area contributed by atoms with Crippen molar-refractivity contribution in [3.05, 3.63) is 17.5 Å². The summed E-state index contributed by atoms with van der Waals surface area (Å²) in [4.78, 5) is 0. The SMILES string of the molecule is CCNC(Cc1cc(CC)nn1C)CC1CC1. The number of hydrogen-bond donors (Lipinski definition) is 1. The standard InChI is InChI=1S/C14H25N3/c1-4-12-9-14(17(3)16-12)10-13(15-5-2)8-11-6-7-11/h9,11,13,15H,4-8,10H2,1-3H3. The highest BCUT2D eigenvalue weighted by atomic mass is 15.3. The van der Waals surface area contributed by atoms with Gasteiger partial charge in [-0.2, -0.15) is 5.10 Å². The van der Waals surface area contributed by atoms with Gasteiger partial charge in [0, 0.05) is 25.2 Å². The fraction of sp³-hybridized carbons (Fsp3) is 0.786. The molecule has 96 valence electrons. The van der Waals surface area contributed by atoms with Crippen LogP contribution in [0.1, 0.15) is 44.5 Å².